The Morgan fingerprint density at radius 1 is 1.35 bits per heavy atom. The van der Waals surface area contributed by atoms with Crippen LogP contribution in [0.3, 0.4) is 0 Å². The van der Waals surface area contributed by atoms with Crippen LogP contribution in [0.5, 0.6) is 0 Å². The number of hydrogen-bond donors (Lipinski definition) is 0. The molecule has 0 bridgehead atoms. The molecule has 0 spiro atoms. The summed E-state index contributed by atoms with van der Waals surface area (Å²) >= 11 is 0. The molecule has 1 aliphatic carbocycles. The van der Waals surface area contributed by atoms with E-state index in [0.29, 0.717) is 0 Å². The standard InChI is InChI=1S/C14H17N5O/c1-4-13-16-12(11-5-10(11)7-20)6-14(17-13)19-9(3)15-8(2)18-19/h6-7,10-11H,4-5H2,1-3H3. The number of carbonyl (C=O) groups is 1. The van der Waals surface area contributed by atoms with Crippen molar-refractivity contribution in [2.24, 2.45) is 5.92 Å². The normalized spacial score (nSPS) is 20.9. The van der Waals surface area contributed by atoms with E-state index in [1.807, 2.05) is 26.8 Å². The van der Waals surface area contributed by atoms with Gasteiger partial charge in [0.2, 0.25) is 0 Å². The Balaban J connectivity index is 2.04. The molecule has 1 saturated carbocycles. The fraction of sp³-hybridized carbons (Fsp3) is 0.500. The van der Waals surface area contributed by atoms with E-state index in [9.17, 15) is 4.79 Å². The highest BCUT2D eigenvalue weighted by Crippen LogP contribution is 2.45. The number of carbonyl (C=O) groups excluding carboxylic acids is 1. The highest BCUT2D eigenvalue weighted by molar-refractivity contribution is 5.61. The molecule has 20 heavy (non-hydrogen) atoms. The zero-order valence-electron chi connectivity index (χ0n) is 11.9. The second kappa shape index (κ2) is 4.77. The van der Waals surface area contributed by atoms with Gasteiger partial charge >= 0.3 is 0 Å². The fourth-order valence-electron chi connectivity index (χ4n) is 2.40. The molecule has 2 heterocycles. The minimum absolute atomic E-state index is 0.112. The maximum atomic E-state index is 10.8. The molecule has 0 radical (unpaired) electrons. The van der Waals surface area contributed by atoms with Crippen LogP contribution in [0.2, 0.25) is 0 Å². The van der Waals surface area contributed by atoms with Gasteiger partial charge in [-0.15, -0.1) is 5.10 Å². The Kier molecular flexibility index (Phi) is 3.08. The second-order valence-electron chi connectivity index (χ2n) is 5.18. The lowest BCUT2D eigenvalue weighted by atomic mass is 10.2. The molecular formula is C14H17N5O. The number of aromatic nitrogens is 5. The Morgan fingerprint density at radius 3 is 2.70 bits per heavy atom. The average Bonchev–Trinajstić information content (AvgIpc) is 3.16. The van der Waals surface area contributed by atoms with Crippen LogP contribution in [0.1, 0.15) is 42.4 Å². The van der Waals surface area contributed by atoms with Crippen molar-refractivity contribution in [1.82, 2.24) is 24.7 Å². The van der Waals surface area contributed by atoms with Crippen molar-refractivity contribution in [2.45, 2.75) is 39.5 Å². The molecule has 6 heteroatoms. The van der Waals surface area contributed by atoms with Crippen LogP contribution in [0.25, 0.3) is 5.82 Å². The first-order valence-electron chi connectivity index (χ1n) is 6.86. The first-order chi connectivity index (χ1) is 9.62. The summed E-state index contributed by atoms with van der Waals surface area (Å²) < 4.78 is 1.73. The van der Waals surface area contributed by atoms with Crippen LogP contribution in [0, 0.1) is 19.8 Å². The molecule has 2 unspecified atom stereocenters. The molecule has 3 rings (SSSR count). The molecule has 2 aromatic rings. The summed E-state index contributed by atoms with van der Waals surface area (Å²) in [5, 5.41) is 4.36. The predicted octanol–water partition coefficient (Wildman–Crippen LogP) is 1.54. The number of hydrogen-bond acceptors (Lipinski definition) is 5. The van der Waals surface area contributed by atoms with Crippen LogP contribution in [-0.2, 0) is 11.2 Å². The molecule has 0 saturated heterocycles. The summed E-state index contributed by atoms with van der Waals surface area (Å²) in [6.07, 6.45) is 2.66. The van der Waals surface area contributed by atoms with E-state index in [4.69, 9.17) is 0 Å². The lowest BCUT2D eigenvalue weighted by molar-refractivity contribution is -0.108. The average molecular weight is 271 g/mol. The maximum absolute atomic E-state index is 10.8. The van der Waals surface area contributed by atoms with Crippen molar-refractivity contribution in [1.29, 1.82) is 0 Å². The van der Waals surface area contributed by atoms with E-state index in [0.717, 1.165) is 48.1 Å². The van der Waals surface area contributed by atoms with Crippen LogP contribution in [0.15, 0.2) is 6.07 Å². The molecule has 104 valence electrons. The first kappa shape index (κ1) is 12.9. The van der Waals surface area contributed by atoms with Crippen molar-refractivity contribution < 1.29 is 4.79 Å². The number of aldehydes is 1. The highest BCUT2D eigenvalue weighted by Gasteiger charge is 2.39. The van der Waals surface area contributed by atoms with Gasteiger partial charge in [-0.2, -0.15) is 4.68 Å². The summed E-state index contributed by atoms with van der Waals surface area (Å²) in [5.41, 5.74) is 0.941. The minimum Gasteiger partial charge on any atom is -0.303 e. The number of nitrogens with zero attached hydrogens (tertiary/aromatic N) is 5. The third-order valence-corrected chi connectivity index (χ3v) is 3.58. The van der Waals surface area contributed by atoms with Crippen molar-refractivity contribution in [3.63, 3.8) is 0 Å². The molecule has 0 N–H and O–H groups in total. The van der Waals surface area contributed by atoms with Crippen molar-refractivity contribution in [2.75, 3.05) is 0 Å². The van der Waals surface area contributed by atoms with Crippen LogP contribution in [-0.4, -0.2) is 31.0 Å². The van der Waals surface area contributed by atoms with E-state index in [1.54, 1.807) is 4.68 Å². The van der Waals surface area contributed by atoms with Crippen molar-refractivity contribution in [3.8, 4) is 5.82 Å². The van der Waals surface area contributed by atoms with E-state index < -0.39 is 0 Å². The quantitative estimate of drug-likeness (QED) is 0.789. The largest absolute Gasteiger partial charge is 0.303 e. The molecule has 2 aromatic heterocycles. The van der Waals surface area contributed by atoms with E-state index >= 15 is 0 Å². The molecule has 1 aliphatic rings. The third-order valence-electron chi connectivity index (χ3n) is 3.58. The van der Waals surface area contributed by atoms with Gasteiger partial charge < -0.3 is 4.79 Å². The van der Waals surface area contributed by atoms with E-state index in [2.05, 4.69) is 20.1 Å². The summed E-state index contributed by atoms with van der Waals surface area (Å²) in [6, 6.07) is 1.93. The Labute approximate surface area is 117 Å². The van der Waals surface area contributed by atoms with Crippen LogP contribution >= 0.6 is 0 Å². The maximum Gasteiger partial charge on any atom is 0.159 e. The van der Waals surface area contributed by atoms with Gasteiger partial charge in [0.15, 0.2) is 5.82 Å². The highest BCUT2D eigenvalue weighted by atomic mass is 16.1. The summed E-state index contributed by atoms with van der Waals surface area (Å²) in [6.45, 7) is 5.78. The lowest BCUT2D eigenvalue weighted by Crippen LogP contribution is -2.08. The molecule has 2 atom stereocenters. The third kappa shape index (κ3) is 2.21. The zero-order chi connectivity index (χ0) is 14.3. The van der Waals surface area contributed by atoms with E-state index in [1.165, 1.54) is 0 Å². The predicted molar refractivity (Wildman–Crippen MR) is 72.7 cm³/mol. The second-order valence-corrected chi connectivity index (χ2v) is 5.18. The summed E-state index contributed by atoms with van der Waals surface area (Å²) in [7, 11) is 0. The van der Waals surface area contributed by atoms with Gasteiger partial charge in [-0.1, -0.05) is 6.92 Å². The van der Waals surface area contributed by atoms with Gasteiger partial charge in [0, 0.05) is 24.3 Å². The Morgan fingerprint density at radius 2 is 2.15 bits per heavy atom. The van der Waals surface area contributed by atoms with E-state index in [-0.39, 0.29) is 11.8 Å². The Bertz CT molecular complexity index is 664. The summed E-state index contributed by atoms with van der Waals surface area (Å²) in [5.74, 6) is 3.39. The van der Waals surface area contributed by atoms with Crippen LogP contribution < -0.4 is 0 Å². The van der Waals surface area contributed by atoms with Crippen molar-refractivity contribution >= 4 is 6.29 Å². The molecule has 1 fully saturated rings. The molecule has 0 aliphatic heterocycles. The van der Waals surface area contributed by atoms with Gasteiger partial charge in [0.25, 0.3) is 0 Å². The molecule has 6 nitrogen and oxygen atoms in total. The van der Waals surface area contributed by atoms with Gasteiger partial charge in [0.1, 0.15) is 23.8 Å². The topological polar surface area (TPSA) is 73.6 Å². The minimum atomic E-state index is 0.112. The Hall–Kier alpha value is -2.11. The van der Waals surface area contributed by atoms with Gasteiger partial charge in [0.05, 0.1) is 5.69 Å². The zero-order valence-corrected chi connectivity index (χ0v) is 11.9. The molecule has 0 amide bonds. The van der Waals surface area contributed by atoms with Crippen LogP contribution in [0.4, 0.5) is 0 Å². The number of aryl methyl sites for hydroxylation is 3. The van der Waals surface area contributed by atoms with Crippen molar-refractivity contribution in [3.05, 3.63) is 29.2 Å². The SMILES string of the molecule is CCc1nc(C2CC2C=O)cc(-n2nc(C)nc2C)n1. The lowest BCUT2D eigenvalue weighted by Gasteiger charge is -2.07. The number of rotatable bonds is 4. The van der Waals surface area contributed by atoms with Gasteiger partial charge in [-0.3, -0.25) is 0 Å². The van der Waals surface area contributed by atoms with Gasteiger partial charge in [-0.25, -0.2) is 15.0 Å². The molecular weight excluding hydrogens is 254 g/mol. The molecule has 0 aromatic carbocycles. The van der Waals surface area contributed by atoms with Gasteiger partial charge in [-0.05, 0) is 20.3 Å². The first-order valence-corrected chi connectivity index (χ1v) is 6.86. The fourth-order valence-corrected chi connectivity index (χ4v) is 2.40. The summed E-state index contributed by atoms with van der Waals surface area (Å²) in [4.78, 5) is 24.2. The smallest absolute Gasteiger partial charge is 0.159 e. The monoisotopic (exact) mass is 271 g/mol.